The second kappa shape index (κ2) is 6.20. The van der Waals surface area contributed by atoms with Gasteiger partial charge in [0.05, 0.1) is 19.3 Å². The first kappa shape index (κ1) is 14.2. The summed E-state index contributed by atoms with van der Waals surface area (Å²) in [5, 5.41) is 2.16. The SMILES string of the molecule is CCOC(=O)C(NCC(F)(F)F)C1CCCO1. The molecule has 0 bridgehead atoms. The van der Waals surface area contributed by atoms with Crippen LogP contribution < -0.4 is 5.32 Å². The number of halogens is 3. The highest BCUT2D eigenvalue weighted by atomic mass is 19.4. The molecule has 2 atom stereocenters. The Labute approximate surface area is 97.5 Å². The third-order valence-corrected chi connectivity index (χ3v) is 2.40. The summed E-state index contributed by atoms with van der Waals surface area (Å²) in [7, 11) is 0. The predicted molar refractivity (Wildman–Crippen MR) is 53.5 cm³/mol. The lowest BCUT2D eigenvalue weighted by Gasteiger charge is -2.23. The number of nitrogens with one attached hydrogen (secondary N) is 1. The fourth-order valence-corrected chi connectivity index (χ4v) is 1.69. The Morgan fingerprint density at radius 3 is 2.76 bits per heavy atom. The minimum Gasteiger partial charge on any atom is -0.465 e. The topological polar surface area (TPSA) is 47.6 Å². The van der Waals surface area contributed by atoms with Gasteiger partial charge in [-0.15, -0.1) is 0 Å². The molecule has 1 N–H and O–H groups in total. The lowest BCUT2D eigenvalue weighted by atomic mass is 10.1. The van der Waals surface area contributed by atoms with Gasteiger partial charge in [-0.2, -0.15) is 13.2 Å². The van der Waals surface area contributed by atoms with Crippen LogP contribution in [0.5, 0.6) is 0 Å². The average Bonchev–Trinajstić information content (AvgIpc) is 2.70. The summed E-state index contributed by atoms with van der Waals surface area (Å²) in [6.07, 6.45) is -3.58. The van der Waals surface area contributed by atoms with Crippen LogP contribution in [0, 0.1) is 0 Å². The Bertz CT molecular complexity index is 252. The van der Waals surface area contributed by atoms with Gasteiger partial charge in [0, 0.05) is 6.61 Å². The minimum absolute atomic E-state index is 0.135. The van der Waals surface area contributed by atoms with E-state index in [1.807, 2.05) is 0 Å². The molecule has 0 saturated carbocycles. The van der Waals surface area contributed by atoms with E-state index in [2.05, 4.69) is 5.32 Å². The van der Waals surface area contributed by atoms with Crippen LogP contribution in [0.4, 0.5) is 13.2 Å². The van der Waals surface area contributed by atoms with E-state index in [9.17, 15) is 18.0 Å². The Hall–Kier alpha value is -0.820. The van der Waals surface area contributed by atoms with Crippen molar-refractivity contribution in [3.8, 4) is 0 Å². The number of alkyl halides is 3. The van der Waals surface area contributed by atoms with Crippen LogP contribution in [0.15, 0.2) is 0 Å². The van der Waals surface area contributed by atoms with Crippen molar-refractivity contribution >= 4 is 5.97 Å². The fourth-order valence-electron chi connectivity index (χ4n) is 1.69. The molecular weight excluding hydrogens is 239 g/mol. The van der Waals surface area contributed by atoms with E-state index >= 15 is 0 Å². The Kier molecular flexibility index (Phi) is 5.20. The van der Waals surface area contributed by atoms with Gasteiger partial charge >= 0.3 is 12.1 Å². The van der Waals surface area contributed by atoms with Gasteiger partial charge in [-0.1, -0.05) is 0 Å². The number of ether oxygens (including phenoxy) is 2. The third-order valence-electron chi connectivity index (χ3n) is 2.40. The maximum absolute atomic E-state index is 12.1. The van der Waals surface area contributed by atoms with Gasteiger partial charge in [0.15, 0.2) is 0 Å². The maximum atomic E-state index is 12.1. The molecule has 0 amide bonds. The predicted octanol–water partition coefficient (Wildman–Crippen LogP) is 1.25. The van der Waals surface area contributed by atoms with E-state index in [-0.39, 0.29) is 6.61 Å². The Morgan fingerprint density at radius 1 is 1.59 bits per heavy atom. The van der Waals surface area contributed by atoms with Crippen molar-refractivity contribution in [2.75, 3.05) is 19.8 Å². The molecule has 100 valence electrons. The Balaban J connectivity index is 2.55. The maximum Gasteiger partial charge on any atom is 0.401 e. The van der Waals surface area contributed by atoms with Crippen molar-refractivity contribution in [2.45, 2.75) is 38.1 Å². The molecule has 1 fully saturated rings. The van der Waals surface area contributed by atoms with Gasteiger partial charge in [-0.25, -0.2) is 0 Å². The van der Waals surface area contributed by atoms with Crippen LogP contribution >= 0.6 is 0 Å². The molecule has 1 aliphatic heterocycles. The van der Waals surface area contributed by atoms with Gasteiger partial charge in [0.25, 0.3) is 0 Å². The van der Waals surface area contributed by atoms with Crippen LogP contribution in [-0.4, -0.2) is 44.0 Å². The van der Waals surface area contributed by atoms with Crippen molar-refractivity contribution in [3.05, 3.63) is 0 Å². The molecule has 7 heteroatoms. The lowest BCUT2D eigenvalue weighted by molar-refractivity contribution is -0.153. The van der Waals surface area contributed by atoms with Gasteiger partial charge in [0.2, 0.25) is 0 Å². The normalized spacial score (nSPS) is 22.5. The molecule has 0 aliphatic carbocycles. The first-order valence-electron chi connectivity index (χ1n) is 5.52. The number of rotatable bonds is 5. The highest BCUT2D eigenvalue weighted by Crippen LogP contribution is 2.19. The van der Waals surface area contributed by atoms with Crippen molar-refractivity contribution in [1.82, 2.24) is 5.32 Å². The first-order chi connectivity index (χ1) is 7.94. The van der Waals surface area contributed by atoms with Crippen LogP contribution in [0.1, 0.15) is 19.8 Å². The molecule has 0 aromatic rings. The number of hydrogen-bond donors (Lipinski definition) is 1. The molecule has 4 nitrogen and oxygen atoms in total. The average molecular weight is 255 g/mol. The monoisotopic (exact) mass is 255 g/mol. The van der Waals surface area contributed by atoms with Crippen LogP contribution in [0.3, 0.4) is 0 Å². The summed E-state index contributed by atoms with van der Waals surface area (Å²) < 4.78 is 46.2. The van der Waals surface area contributed by atoms with Crippen molar-refractivity contribution < 1.29 is 27.4 Å². The summed E-state index contributed by atoms with van der Waals surface area (Å²) in [6.45, 7) is 0.981. The number of hydrogen-bond acceptors (Lipinski definition) is 4. The highest BCUT2D eigenvalue weighted by molar-refractivity contribution is 5.76. The zero-order chi connectivity index (χ0) is 12.9. The van der Waals surface area contributed by atoms with Crippen LogP contribution in [0.2, 0.25) is 0 Å². The molecule has 0 radical (unpaired) electrons. The smallest absolute Gasteiger partial charge is 0.401 e. The highest BCUT2D eigenvalue weighted by Gasteiger charge is 2.36. The second-order valence-electron chi connectivity index (χ2n) is 3.78. The summed E-state index contributed by atoms with van der Waals surface area (Å²) in [5.74, 6) is -0.691. The molecule has 0 spiro atoms. The van der Waals surface area contributed by atoms with Crippen molar-refractivity contribution in [2.24, 2.45) is 0 Å². The number of carbonyl (C=O) groups is 1. The van der Waals surface area contributed by atoms with Crippen molar-refractivity contribution in [1.29, 1.82) is 0 Å². The molecule has 0 aromatic carbocycles. The molecular formula is C10H16F3NO3. The summed E-state index contributed by atoms with van der Waals surface area (Å²) in [6, 6.07) is -1.04. The molecule has 1 aliphatic rings. The van der Waals surface area contributed by atoms with Crippen molar-refractivity contribution in [3.63, 3.8) is 0 Å². The van der Waals surface area contributed by atoms with E-state index in [0.29, 0.717) is 13.0 Å². The van der Waals surface area contributed by atoms with Gasteiger partial charge < -0.3 is 9.47 Å². The molecule has 1 rings (SSSR count). The van der Waals surface area contributed by atoms with Gasteiger partial charge in [-0.3, -0.25) is 10.1 Å². The molecule has 2 unspecified atom stereocenters. The van der Waals surface area contributed by atoms with Crippen LogP contribution in [-0.2, 0) is 14.3 Å². The molecule has 1 saturated heterocycles. The zero-order valence-corrected chi connectivity index (χ0v) is 9.55. The van der Waals surface area contributed by atoms with E-state index in [0.717, 1.165) is 6.42 Å². The van der Waals surface area contributed by atoms with E-state index in [4.69, 9.17) is 9.47 Å². The second-order valence-corrected chi connectivity index (χ2v) is 3.78. The standard InChI is InChI=1S/C10H16F3NO3/c1-2-16-9(15)8(7-4-3-5-17-7)14-6-10(11,12)13/h7-8,14H,2-6H2,1H3. The Morgan fingerprint density at radius 2 is 2.29 bits per heavy atom. The minimum atomic E-state index is -4.36. The van der Waals surface area contributed by atoms with Crippen LogP contribution in [0.25, 0.3) is 0 Å². The summed E-state index contributed by atoms with van der Waals surface area (Å²) in [4.78, 5) is 11.5. The molecule has 17 heavy (non-hydrogen) atoms. The lowest BCUT2D eigenvalue weighted by Crippen LogP contribution is -2.49. The van der Waals surface area contributed by atoms with Gasteiger partial charge in [0.1, 0.15) is 6.04 Å². The zero-order valence-electron chi connectivity index (χ0n) is 9.55. The summed E-state index contributed by atoms with van der Waals surface area (Å²) >= 11 is 0. The number of esters is 1. The molecule has 1 heterocycles. The van der Waals surface area contributed by atoms with E-state index in [1.54, 1.807) is 6.92 Å². The fraction of sp³-hybridized carbons (Fsp3) is 0.900. The first-order valence-corrected chi connectivity index (χ1v) is 5.52. The molecule has 0 aromatic heterocycles. The van der Waals surface area contributed by atoms with E-state index in [1.165, 1.54) is 0 Å². The number of carbonyl (C=O) groups excluding carboxylic acids is 1. The quantitative estimate of drug-likeness (QED) is 0.751. The largest absolute Gasteiger partial charge is 0.465 e. The summed E-state index contributed by atoms with van der Waals surface area (Å²) in [5.41, 5.74) is 0. The van der Waals surface area contributed by atoms with E-state index < -0.39 is 30.8 Å². The third kappa shape index (κ3) is 4.91. The van der Waals surface area contributed by atoms with Gasteiger partial charge in [-0.05, 0) is 19.8 Å².